The van der Waals surface area contributed by atoms with Gasteiger partial charge in [0.1, 0.15) is 12.3 Å². The number of ether oxygens (including phenoxy) is 2. The predicted octanol–water partition coefficient (Wildman–Crippen LogP) is 1.93. The van der Waals surface area contributed by atoms with E-state index in [4.69, 9.17) is 14.6 Å². The summed E-state index contributed by atoms with van der Waals surface area (Å²) in [5, 5.41) is 11.9. The molecule has 1 heterocycles. The van der Waals surface area contributed by atoms with Gasteiger partial charge in [-0.05, 0) is 17.7 Å². The maximum absolute atomic E-state index is 12.2. The Labute approximate surface area is 156 Å². The molecule has 2 N–H and O–H groups in total. The van der Waals surface area contributed by atoms with Gasteiger partial charge in [0.05, 0.1) is 20.3 Å². The molecule has 1 aliphatic heterocycles. The standard InChI is InChI=1S/C20H20N2O5/c1-26-18-11-15(21-16-12-19(24)22(9-10-23)20(16)25)7-8-17(18)27-13-14-5-3-2-4-6-14/h2-8,11-12,21,23H,9-10,13H2,1H3. The summed E-state index contributed by atoms with van der Waals surface area (Å²) in [7, 11) is 1.53. The molecule has 0 saturated heterocycles. The first-order chi connectivity index (χ1) is 13.1. The second kappa shape index (κ2) is 8.37. The van der Waals surface area contributed by atoms with Crippen molar-refractivity contribution in [2.75, 3.05) is 25.6 Å². The SMILES string of the molecule is COc1cc(NC2=CC(=O)N(CCO)C2=O)ccc1OCc1ccccc1. The van der Waals surface area contributed by atoms with Crippen molar-refractivity contribution in [1.82, 2.24) is 4.90 Å². The minimum Gasteiger partial charge on any atom is -0.493 e. The molecule has 0 unspecified atom stereocenters. The number of amides is 2. The van der Waals surface area contributed by atoms with Crippen LogP contribution in [-0.2, 0) is 16.2 Å². The zero-order valence-electron chi connectivity index (χ0n) is 14.8. The molecule has 0 aromatic heterocycles. The van der Waals surface area contributed by atoms with Crippen LogP contribution in [0.3, 0.4) is 0 Å². The lowest BCUT2D eigenvalue weighted by Gasteiger charge is -2.15. The van der Waals surface area contributed by atoms with E-state index < -0.39 is 11.8 Å². The number of nitrogens with one attached hydrogen (secondary N) is 1. The molecule has 7 heteroatoms. The first-order valence-electron chi connectivity index (χ1n) is 8.42. The van der Waals surface area contributed by atoms with Crippen LogP contribution in [0.4, 0.5) is 5.69 Å². The number of methoxy groups -OCH3 is 1. The van der Waals surface area contributed by atoms with Crippen molar-refractivity contribution in [1.29, 1.82) is 0 Å². The van der Waals surface area contributed by atoms with E-state index in [1.54, 1.807) is 18.2 Å². The number of nitrogens with zero attached hydrogens (tertiary/aromatic N) is 1. The normalized spacial score (nSPS) is 13.6. The van der Waals surface area contributed by atoms with E-state index in [9.17, 15) is 9.59 Å². The smallest absolute Gasteiger partial charge is 0.277 e. The fourth-order valence-corrected chi connectivity index (χ4v) is 2.67. The number of carbonyl (C=O) groups excluding carboxylic acids is 2. The second-order valence-corrected chi connectivity index (χ2v) is 5.84. The third kappa shape index (κ3) is 4.27. The van der Waals surface area contributed by atoms with Crippen molar-refractivity contribution < 1.29 is 24.2 Å². The van der Waals surface area contributed by atoms with Gasteiger partial charge in [-0.25, -0.2) is 0 Å². The molecular formula is C20H20N2O5. The van der Waals surface area contributed by atoms with E-state index in [-0.39, 0.29) is 18.8 Å². The van der Waals surface area contributed by atoms with E-state index in [2.05, 4.69) is 5.32 Å². The first kappa shape index (κ1) is 18.5. The number of carbonyl (C=O) groups is 2. The van der Waals surface area contributed by atoms with E-state index in [0.29, 0.717) is 23.8 Å². The second-order valence-electron chi connectivity index (χ2n) is 5.84. The molecule has 0 aliphatic carbocycles. The minimum absolute atomic E-state index is 0.0328. The fourth-order valence-electron chi connectivity index (χ4n) is 2.67. The van der Waals surface area contributed by atoms with Gasteiger partial charge >= 0.3 is 0 Å². The molecule has 2 amide bonds. The highest BCUT2D eigenvalue weighted by atomic mass is 16.5. The van der Waals surface area contributed by atoms with E-state index >= 15 is 0 Å². The molecule has 140 valence electrons. The summed E-state index contributed by atoms with van der Waals surface area (Å²) < 4.78 is 11.2. The Kier molecular flexibility index (Phi) is 5.73. The first-order valence-corrected chi connectivity index (χ1v) is 8.42. The van der Waals surface area contributed by atoms with Gasteiger partial charge in [0.25, 0.3) is 11.8 Å². The summed E-state index contributed by atoms with van der Waals surface area (Å²) in [5.41, 5.74) is 1.76. The lowest BCUT2D eigenvalue weighted by molar-refractivity contribution is -0.137. The molecule has 1 aliphatic rings. The summed E-state index contributed by atoms with van der Waals surface area (Å²) in [5.74, 6) is 0.140. The van der Waals surface area contributed by atoms with Crippen LogP contribution in [0.2, 0.25) is 0 Å². The van der Waals surface area contributed by atoms with Gasteiger partial charge < -0.3 is 19.9 Å². The molecule has 2 aromatic rings. The molecule has 0 fully saturated rings. The maximum Gasteiger partial charge on any atom is 0.277 e. The van der Waals surface area contributed by atoms with E-state index in [1.165, 1.54) is 13.2 Å². The van der Waals surface area contributed by atoms with Crippen molar-refractivity contribution in [2.24, 2.45) is 0 Å². The summed E-state index contributed by atoms with van der Waals surface area (Å²) in [6.45, 7) is 0.0903. The van der Waals surface area contributed by atoms with Crippen LogP contribution >= 0.6 is 0 Å². The van der Waals surface area contributed by atoms with Crippen molar-refractivity contribution >= 4 is 17.5 Å². The summed E-state index contributed by atoms with van der Waals surface area (Å²) >= 11 is 0. The number of hydrogen-bond acceptors (Lipinski definition) is 6. The molecule has 0 atom stereocenters. The van der Waals surface area contributed by atoms with Gasteiger partial charge in [0, 0.05) is 17.8 Å². The van der Waals surface area contributed by atoms with Crippen LogP contribution in [0.25, 0.3) is 0 Å². The van der Waals surface area contributed by atoms with E-state index in [1.807, 2.05) is 30.3 Å². The molecule has 0 bridgehead atoms. The highest BCUT2D eigenvalue weighted by Gasteiger charge is 2.30. The Morgan fingerprint density at radius 3 is 2.56 bits per heavy atom. The Bertz CT molecular complexity index is 864. The van der Waals surface area contributed by atoms with Crippen molar-refractivity contribution in [3.8, 4) is 11.5 Å². The number of aliphatic hydroxyl groups is 1. The van der Waals surface area contributed by atoms with Gasteiger partial charge in [-0.1, -0.05) is 30.3 Å². The lowest BCUT2D eigenvalue weighted by atomic mass is 10.2. The highest BCUT2D eigenvalue weighted by Crippen LogP contribution is 2.31. The third-order valence-corrected chi connectivity index (χ3v) is 4.01. The lowest BCUT2D eigenvalue weighted by Crippen LogP contribution is -2.34. The number of hydrogen-bond donors (Lipinski definition) is 2. The minimum atomic E-state index is -0.475. The molecule has 27 heavy (non-hydrogen) atoms. The summed E-state index contributed by atoms with van der Waals surface area (Å²) in [6, 6.07) is 14.9. The molecule has 0 saturated carbocycles. The van der Waals surface area contributed by atoms with Crippen LogP contribution in [0, 0.1) is 0 Å². The molecule has 2 aromatic carbocycles. The van der Waals surface area contributed by atoms with Gasteiger partial charge in [-0.2, -0.15) is 0 Å². The Morgan fingerprint density at radius 1 is 1.07 bits per heavy atom. The predicted molar refractivity (Wildman–Crippen MR) is 99.3 cm³/mol. The Morgan fingerprint density at radius 2 is 1.85 bits per heavy atom. The summed E-state index contributed by atoms with van der Waals surface area (Å²) in [4.78, 5) is 25.0. The number of imide groups is 1. The number of aliphatic hydroxyl groups excluding tert-OH is 1. The molecule has 0 spiro atoms. The van der Waals surface area contributed by atoms with E-state index in [0.717, 1.165) is 10.5 Å². The third-order valence-electron chi connectivity index (χ3n) is 4.01. The summed E-state index contributed by atoms with van der Waals surface area (Å²) in [6.07, 6.45) is 1.21. The average Bonchev–Trinajstić information content (AvgIpc) is 2.95. The molecule has 0 radical (unpaired) electrons. The van der Waals surface area contributed by atoms with Crippen LogP contribution < -0.4 is 14.8 Å². The number of benzene rings is 2. The fraction of sp³-hybridized carbons (Fsp3) is 0.200. The van der Waals surface area contributed by atoms with Crippen molar-refractivity contribution in [3.05, 3.63) is 65.9 Å². The monoisotopic (exact) mass is 368 g/mol. The molecular weight excluding hydrogens is 348 g/mol. The quantitative estimate of drug-likeness (QED) is 0.693. The molecule has 7 nitrogen and oxygen atoms in total. The number of rotatable bonds is 8. The Hall–Kier alpha value is -3.32. The van der Waals surface area contributed by atoms with Gasteiger partial charge in [0.2, 0.25) is 0 Å². The van der Waals surface area contributed by atoms with Gasteiger partial charge in [0.15, 0.2) is 11.5 Å². The zero-order chi connectivity index (χ0) is 19.2. The van der Waals surface area contributed by atoms with Crippen molar-refractivity contribution in [2.45, 2.75) is 6.61 Å². The topological polar surface area (TPSA) is 88.1 Å². The highest BCUT2D eigenvalue weighted by molar-refractivity contribution is 6.17. The average molecular weight is 368 g/mol. The van der Waals surface area contributed by atoms with Gasteiger partial charge in [-0.15, -0.1) is 0 Å². The zero-order valence-corrected chi connectivity index (χ0v) is 14.8. The van der Waals surface area contributed by atoms with Crippen LogP contribution in [0.5, 0.6) is 11.5 Å². The molecule has 3 rings (SSSR count). The van der Waals surface area contributed by atoms with Crippen molar-refractivity contribution in [3.63, 3.8) is 0 Å². The number of anilines is 1. The maximum atomic E-state index is 12.2. The largest absolute Gasteiger partial charge is 0.493 e. The van der Waals surface area contributed by atoms with Crippen LogP contribution in [0.1, 0.15) is 5.56 Å². The number of β-amino-alcohol motifs (C(OH)–C–C–N with tert-alkyl or cyclic N) is 1. The van der Waals surface area contributed by atoms with Crippen LogP contribution in [-0.4, -0.2) is 42.1 Å². The Balaban J connectivity index is 1.70. The van der Waals surface area contributed by atoms with Crippen LogP contribution in [0.15, 0.2) is 60.3 Å². The van der Waals surface area contributed by atoms with Gasteiger partial charge in [-0.3, -0.25) is 14.5 Å².